The monoisotopic (exact) mass is 440 g/mol. The summed E-state index contributed by atoms with van der Waals surface area (Å²) in [5, 5.41) is 18.8. The van der Waals surface area contributed by atoms with Gasteiger partial charge in [-0.15, -0.1) is 0 Å². The third-order valence-corrected chi connectivity index (χ3v) is 5.81. The first kappa shape index (κ1) is 23.4. The van der Waals surface area contributed by atoms with Crippen molar-refractivity contribution < 1.29 is 19.4 Å². The molecule has 1 heterocycles. The van der Waals surface area contributed by atoms with Gasteiger partial charge in [0.15, 0.2) is 0 Å². The van der Waals surface area contributed by atoms with Crippen molar-refractivity contribution in [1.82, 2.24) is 15.5 Å². The predicted octanol–water partition coefficient (Wildman–Crippen LogP) is 2.65. The van der Waals surface area contributed by atoms with E-state index in [1.165, 1.54) is 0 Å². The first-order chi connectivity index (χ1) is 15.4. The van der Waals surface area contributed by atoms with E-state index in [-0.39, 0.29) is 37.7 Å². The molecule has 3 amide bonds. The van der Waals surface area contributed by atoms with Crippen LogP contribution in [0.3, 0.4) is 0 Å². The molecule has 0 unspecified atom stereocenters. The molecule has 0 aromatic heterocycles. The number of aliphatic hydroxyl groups is 1. The molecule has 1 aliphatic heterocycles. The number of ether oxygens (including phenoxy) is 1. The molecule has 0 fully saturated rings. The van der Waals surface area contributed by atoms with E-state index in [9.17, 15) is 14.7 Å². The molecule has 2 aromatic carbocycles. The van der Waals surface area contributed by atoms with Crippen LogP contribution >= 0.6 is 0 Å². The summed E-state index contributed by atoms with van der Waals surface area (Å²) in [6.45, 7) is 4.37. The number of rotatable bonds is 7. The number of hydrogen-bond donors (Lipinski definition) is 4. The van der Waals surface area contributed by atoms with Gasteiger partial charge in [0, 0.05) is 13.6 Å². The van der Waals surface area contributed by atoms with E-state index in [1.807, 2.05) is 62.4 Å². The third kappa shape index (κ3) is 5.91. The summed E-state index contributed by atoms with van der Waals surface area (Å²) in [6, 6.07) is 14.8. The highest BCUT2D eigenvalue weighted by Crippen LogP contribution is 2.30. The summed E-state index contributed by atoms with van der Waals surface area (Å²) in [5.74, 6) is 0.469. The SMILES string of the molecule is CC[C@H]1Nc2ccc(CNC(=O)NCC(=O)N(C)[C@H](C)c3ccccc3)cc2OC[C@H]1O. The lowest BCUT2D eigenvalue weighted by Gasteiger charge is -2.25. The lowest BCUT2D eigenvalue weighted by atomic mass is 10.1. The van der Waals surface area contributed by atoms with Crippen LogP contribution in [0.5, 0.6) is 5.75 Å². The van der Waals surface area contributed by atoms with Crippen molar-refractivity contribution >= 4 is 17.6 Å². The normalized spacial score (nSPS) is 18.2. The van der Waals surface area contributed by atoms with Crippen LogP contribution in [-0.4, -0.2) is 54.3 Å². The van der Waals surface area contributed by atoms with Gasteiger partial charge in [-0.25, -0.2) is 4.79 Å². The molecule has 0 saturated carbocycles. The van der Waals surface area contributed by atoms with E-state index in [2.05, 4.69) is 16.0 Å². The van der Waals surface area contributed by atoms with Gasteiger partial charge in [-0.1, -0.05) is 43.3 Å². The summed E-state index contributed by atoms with van der Waals surface area (Å²) in [6.07, 6.45) is 0.200. The summed E-state index contributed by atoms with van der Waals surface area (Å²) in [4.78, 5) is 26.2. The van der Waals surface area contributed by atoms with E-state index >= 15 is 0 Å². The molecule has 0 aliphatic carbocycles. The van der Waals surface area contributed by atoms with Crippen molar-refractivity contribution in [1.29, 1.82) is 0 Å². The molecule has 4 N–H and O–H groups in total. The lowest BCUT2D eigenvalue weighted by Crippen LogP contribution is -2.43. The summed E-state index contributed by atoms with van der Waals surface area (Å²) in [7, 11) is 1.73. The molecular formula is C24H32N4O4. The number of carbonyl (C=O) groups excluding carboxylic acids is 2. The van der Waals surface area contributed by atoms with Gasteiger partial charge < -0.3 is 30.7 Å². The number of fused-ring (bicyclic) bond motifs is 1. The van der Waals surface area contributed by atoms with Crippen LogP contribution in [0.2, 0.25) is 0 Å². The zero-order chi connectivity index (χ0) is 23.1. The van der Waals surface area contributed by atoms with Gasteiger partial charge in [0.25, 0.3) is 0 Å². The van der Waals surface area contributed by atoms with E-state index in [4.69, 9.17) is 4.74 Å². The van der Waals surface area contributed by atoms with Gasteiger partial charge in [-0.3, -0.25) is 4.79 Å². The zero-order valence-corrected chi connectivity index (χ0v) is 18.8. The number of carbonyl (C=O) groups is 2. The van der Waals surface area contributed by atoms with Gasteiger partial charge >= 0.3 is 6.03 Å². The molecule has 8 nitrogen and oxygen atoms in total. The summed E-state index contributed by atoms with van der Waals surface area (Å²) < 4.78 is 5.71. The minimum atomic E-state index is -0.583. The van der Waals surface area contributed by atoms with Crippen molar-refractivity contribution in [3.8, 4) is 5.75 Å². The first-order valence-corrected chi connectivity index (χ1v) is 10.9. The van der Waals surface area contributed by atoms with Gasteiger partial charge in [0.1, 0.15) is 18.5 Å². The Balaban J connectivity index is 1.47. The molecule has 2 aromatic rings. The smallest absolute Gasteiger partial charge is 0.315 e. The molecule has 8 heteroatoms. The average molecular weight is 441 g/mol. The molecule has 0 saturated heterocycles. The Kier molecular flexibility index (Phi) is 7.94. The molecule has 32 heavy (non-hydrogen) atoms. The largest absolute Gasteiger partial charge is 0.489 e. The number of amides is 3. The van der Waals surface area contributed by atoms with E-state index in [0.29, 0.717) is 5.75 Å². The molecular weight excluding hydrogens is 408 g/mol. The molecule has 172 valence electrons. The standard InChI is InChI=1S/C24H32N4O4/c1-4-19-21(29)15-32-22-12-17(10-11-20(22)27-19)13-25-24(31)26-14-23(30)28(3)16(2)18-8-6-5-7-9-18/h5-12,16,19,21,27,29H,4,13-15H2,1-3H3,(H2,25,26,31)/t16-,19-,21-/m1/s1. The van der Waals surface area contributed by atoms with Crippen LogP contribution in [0, 0.1) is 0 Å². The van der Waals surface area contributed by atoms with Crippen molar-refractivity contribution in [2.75, 3.05) is 25.5 Å². The number of likely N-dealkylation sites (N-methyl/N-ethyl adjacent to an activating group) is 1. The number of anilines is 1. The third-order valence-electron chi connectivity index (χ3n) is 5.81. The van der Waals surface area contributed by atoms with Crippen LogP contribution in [0.1, 0.15) is 37.4 Å². The van der Waals surface area contributed by atoms with E-state index in [1.54, 1.807) is 11.9 Å². The van der Waals surface area contributed by atoms with Crippen molar-refractivity contribution in [2.45, 2.75) is 45.0 Å². The molecule has 0 radical (unpaired) electrons. The fourth-order valence-corrected chi connectivity index (χ4v) is 3.57. The number of hydrogen-bond acceptors (Lipinski definition) is 5. The molecule has 3 atom stereocenters. The maximum Gasteiger partial charge on any atom is 0.315 e. The van der Waals surface area contributed by atoms with Gasteiger partial charge in [0.05, 0.1) is 24.3 Å². The van der Waals surface area contributed by atoms with Gasteiger partial charge in [-0.2, -0.15) is 0 Å². The average Bonchev–Trinajstić information content (AvgIpc) is 2.98. The number of urea groups is 1. The first-order valence-electron chi connectivity index (χ1n) is 10.9. The minimum Gasteiger partial charge on any atom is -0.489 e. The Hall–Kier alpha value is -3.26. The highest BCUT2D eigenvalue weighted by atomic mass is 16.5. The van der Waals surface area contributed by atoms with Crippen LogP contribution < -0.4 is 20.7 Å². The fourth-order valence-electron chi connectivity index (χ4n) is 3.57. The zero-order valence-electron chi connectivity index (χ0n) is 18.8. The lowest BCUT2D eigenvalue weighted by molar-refractivity contribution is -0.130. The fraction of sp³-hybridized carbons (Fsp3) is 0.417. The van der Waals surface area contributed by atoms with Crippen LogP contribution in [0.25, 0.3) is 0 Å². The van der Waals surface area contributed by atoms with Crippen LogP contribution in [0.4, 0.5) is 10.5 Å². The number of benzene rings is 2. The van der Waals surface area contributed by atoms with E-state index < -0.39 is 12.1 Å². The van der Waals surface area contributed by atoms with Crippen molar-refractivity contribution in [3.05, 3.63) is 59.7 Å². The second-order valence-electron chi connectivity index (χ2n) is 8.00. The molecule has 0 spiro atoms. The summed E-state index contributed by atoms with van der Waals surface area (Å²) in [5.41, 5.74) is 2.71. The highest BCUT2D eigenvalue weighted by Gasteiger charge is 2.23. The molecule has 0 bridgehead atoms. The van der Waals surface area contributed by atoms with Crippen molar-refractivity contribution in [3.63, 3.8) is 0 Å². The second-order valence-corrected chi connectivity index (χ2v) is 8.00. The van der Waals surface area contributed by atoms with Crippen LogP contribution in [0.15, 0.2) is 48.5 Å². The van der Waals surface area contributed by atoms with E-state index in [0.717, 1.165) is 23.2 Å². The maximum absolute atomic E-state index is 12.4. The molecule has 3 rings (SSSR count). The number of nitrogens with zero attached hydrogens (tertiary/aromatic N) is 1. The van der Waals surface area contributed by atoms with Gasteiger partial charge in [-0.05, 0) is 36.6 Å². The van der Waals surface area contributed by atoms with Crippen LogP contribution in [-0.2, 0) is 11.3 Å². The topological polar surface area (TPSA) is 103 Å². The van der Waals surface area contributed by atoms with Crippen molar-refractivity contribution in [2.24, 2.45) is 0 Å². The second kappa shape index (κ2) is 10.9. The maximum atomic E-state index is 12.4. The Bertz CT molecular complexity index is 921. The summed E-state index contributed by atoms with van der Waals surface area (Å²) >= 11 is 0. The Labute approximate surface area is 189 Å². The Morgan fingerprint density at radius 2 is 1.97 bits per heavy atom. The minimum absolute atomic E-state index is 0.0636. The Morgan fingerprint density at radius 3 is 2.69 bits per heavy atom. The number of aliphatic hydroxyl groups excluding tert-OH is 1. The van der Waals surface area contributed by atoms with Gasteiger partial charge in [0.2, 0.25) is 5.91 Å². The number of nitrogens with one attached hydrogen (secondary N) is 3. The Morgan fingerprint density at radius 1 is 1.22 bits per heavy atom. The quantitative estimate of drug-likeness (QED) is 0.530. The highest BCUT2D eigenvalue weighted by molar-refractivity contribution is 5.84. The predicted molar refractivity (Wildman–Crippen MR) is 124 cm³/mol. The molecule has 1 aliphatic rings.